The van der Waals surface area contributed by atoms with Crippen LogP contribution in [0.5, 0.6) is 5.75 Å². The first-order valence-corrected chi connectivity index (χ1v) is 9.31. The van der Waals surface area contributed by atoms with Crippen molar-refractivity contribution in [2.45, 2.75) is 26.5 Å². The van der Waals surface area contributed by atoms with Gasteiger partial charge >= 0.3 is 0 Å². The number of ether oxygens (including phenoxy) is 1. The molecule has 3 rings (SSSR count). The number of nitrogens with zero attached hydrogens (tertiary/aromatic N) is 1. The molecule has 0 N–H and O–H groups in total. The molecule has 25 heavy (non-hydrogen) atoms. The van der Waals surface area contributed by atoms with Crippen molar-refractivity contribution >= 4 is 40.3 Å². The molecule has 5 heteroatoms. The van der Waals surface area contributed by atoms with E-state index in [0.29, 0.717) is 15.8 Å². The molecule has 0 bridgehead atoms. The van der Waals surface area contributed by atoms with Gasteiger partial charge in [-0.2, -0.15) is 0 Å². The Labute approximate surface area is 157 Å². The smallest absolute Gasteiger partial charge is 0.266 e. The number of carbonyl (C=O) groups is 1. The highest BCUT2D eigenvalue weighted by Crippen LogP contribution is 2.34. The number of thioether (sulfide) groups is 1. The second-order valence-electron chi connectivity index (χ2n) is 5.99. The molecule has 0 atom stereocenters. The molecule has 1 fully saturated rings. The van der Waals surface area contributed by atoms with Gasteiger partial charge in [0.25, 0.3) is 5.91 Å². The minimum absolute atomic E-state index is 0.0191. The van der Waals surface area contributed by atoms with E-state index in [2.05, 4.69) is 0 Å². The molecule has 1 saturated heterocycles. The Morgan fingerprint density at radius 1 is 1.12 bits per heavy atom. The molecule has 1 aliphatic heterocycles. The van der Waals surface area contributed by atoms with Gasteiger partial charge in [0.1, 0.15) is 16.7 Å². The van der Waals surface area contributed by atoms with Crippen LogP contribution in [-0.4, -0.2) is 21.2 Å². The van der Waals surface area contributed by atoms with E-state index < -0.39 is 0 Å². The summed E-state index contributed by atoms with van der Waals surface area (Å²) < 4.78 is 6.40. The van der Waals surface area contributed by atoms with Crippen LogP contribution in [-0.2, 0) is 11.4 Å². The molecule has 0 aromatic heterocycles. The standard InChI is InChI=1S/C20H19NO2S2/c1-14(2)21-19(22)18(25-20(21)24)12-15-8-10-17(11-9-15)23-13-16-6-4-3-5-7-16/h3-12,14H,13H2,1-2H3/b18-12-. The van der Waals surface area contributed by atoms with Crippen molar-refractivity contribution in [2.75, 3.05) is 0 Å². The topological polar surface area (TPSA) is 29.5 Å². The van der Waals surface area contributed by atoms with Gasteiger partial charge in [0.2, 0.25) is 0 Å². The monoisotopic (exact) mass is 369 g/mol. The van der Waals surface area contributed by atoms with Crippen molar-refractivity contribution in [1.29, 1.82) is 0 Å². The minimum atomic E-state index is -0.0191. The lowest BCUT2D eigenvalue weighted by atomic mass is 10.2. The zero-order chi connectivity index (χ0) is 17.8. The number of hydrogen-bond donors (Lipinski definition) is 0. The third kappa shape index (κ3) is 4.30. The molecule has 2 aromatic rings. The predicted octanol–water partition coefficient (Wildman–Crippen LogP) is 4.88. The average molecular weight is 370 g/mol. The van der Waals surface area contributed by atoms with Crippen molar-refractivity contribution < 1.29 is 9.53 Å². The van der Waals surface area contributed by atoms with Crippen LogP contribution in [0, 0.1) is 0 Å². The van der Waals surface area contributed by atoms with Crippen LogP contribution in [0.1, 0.15) is 25.0 Å². The highest BCUT2D eigenvalue weighted by Gasteiger charge is 2.33. The minimum Gasteiger partial charge on any atom is -0.489 e. The summed E-state index contributed by atoms with van der Waals surface area (Å²) >= 11 is 6.65. The molecule has 0 spiro atoms. The molecule has 2 aromatic carbocycles. The molecule has 1 amide bonds. The van der Waals surface area contributed by atoms with Gasteiger partial charge in [0, 0.05) is 6.04 Å². The van der Waals surface area contributed by atoms with Crippen molar-refractivity contribution in [1.82, 2.24) is 4.90 Å². The van der Waals surface area contributed by atoms with Crippen LogP contribution in [0.25, 0.3) is 6.08 Å². The first-order chi connectivity index (χ1) is 12.0. The van der Waals surface area contributed by atoms with Gasteiger partial charge < -0.3 is 4.74 Å². The largest absolute Gasteiger partial charge is 0.489 e. The fraction of sp³-hybridized carbons (Fsp3) is 0.200. The van der Waals surface area contributed by atoms with Crippen LogP contribution in [0.15, 0.2) is 59.5 Å². The molecule has 0 unspecified atom stereocenters. The maximum atomic E-state index is 12.4. The molecular weight excluding hydrogens is 350 g/mol. The number of thiocarbonyl (C=S) groups is 1. The molecule has 1 aliphatic rings. The summed E-state index contributed by atoms with van der Waals surface area (Å²) in [6.45, 7) is 4.46. The summed E-state index contributed by atoms with van der Waals surface area (Å²) in [6, 6.07) is 17.8. The highest BCUT2D eigenvalue weighted by molar-refractivity contribution is 8.26. The predicted molar refractivity (Wildman–Crippen MR) is 107 cm³/mol. The summed E-state index contributed by atoms with van der Waals surface area (Å²) in [5.41, 5.74) is 2.08. The normalized spacial score (nSPS) is 16.1. The first kappa shape index (κ1) is 17.7. The van der Waals surface area contributed by atoms with E-state index in [0.717, 1.165) is 16.9 Å². The molecule has 0 saturated carbocycles. The van der Waals surface area contributed by atoms with E-state index in [1.807, 2.05) is 74.5 Å². The lowest BCUT2D eigenvalue weighted by Crippen LogP contribution is -2.34. The van der Waals surface area contributed by atoms with E-state index in [4.69, 9.17) is 17.0 Å². The summed E-state index contributed by atoms with van der Waals surface area (Å²) in [6.07, 6.45) is 1.88. The van der Waals surface area contributed by atoms with Crippen LogP contribution < -0.4 is 4.74 Å². The molecule has 3 nitrogen and oxygen atoms in total. The highest BCUT2D eigenvalue weighted by atomic mass is 32.2. The maximum absolute atomic E-state index is 12.4. The number of hydrogen-bond acceptors (Lipinski definition) is 4. The molecule has 1 heterocycles. The van der Waals surface area contributed by atoms with Gasteiger partial charge in [-0.25, -0.2) is 0 Å². The first-order valence-electron chi connectivity index (χ1n) is 8.08. The summed E-state index contributed by atoms with van der Waals surface area (Å²) in [4.78, 5) is 14.7. The SMILES string of the molecule is CC(C)N1C(=O)/C(=C/c2ccc(OCc3ccccc3)cc2)SC1=S. The molecular formula is C20H19NO2S2. The average Bonchev–Trinajstić information content (AvgIpc) is 2.89. The molecule has 0 radical (unpaired) electrons. The fourth-order valence-corrected chi connectivity index (χ4v) is 4.00. The molecule has 0 aliphatic carbocycles. The van der Waals surface area contributed by atoms with E-state index >= 15 is 0 Å². The Morgan fingerprint density at radius 3 is 2.40 bits per heavy atom. The van der Waals surface area contributed by atoms with Crippen LogP contribution >= 0.6 is 24.0 Å². The quantitative estimate of drug-likeness (QED) is 0.555. The third-order valence-electron chi connectivity index (χ3n) is 3.77. The number of benzene rings is 2. The Morgan fingerprint density at radius 2 is 1.80 bits per heavy atom. The van der Waals surface area contributed by atoms with E-state index in [-0.39, 0.29) is 11.9 Å². The summed E-state index contributed by atoms with van der Waals surface area (Å²) in [5, 5.41) is 0. The number of amides is 1. The Bertz CT molecular complexity index is 798. The zero-order valence-electron chi connectivity index (χ0n) is 14.1. The van der Waals surface area contributed by atoms with E-state index in [9.17, 15) is 4.79 Å². The maximum Gasteiger partial charge on any atom is 0.266 e. The Balaban J connectivity index is 1.66. The van der Waals surface area contributed by atoms with Gasteiger partial charge in [0.15, 0.2) is 0 Å². The van der Waals surface area contributed by atoms with Crippen molar-refractivity contribution in [3.8, 4) is 5.75 Å². The summed E-state index contributed by atoms with van der Waals surface area (Å²) in [7, 11) is 0. The van der Waals surface area contributed by atoms with Crippen LogP contribution in [0.3, 0.4) is 0 Å². The number of rotatable bonds is 5. The van der Waals surface area contributed by atoms with Crippen molar-refractivity contribution in [3.05, 3.63) is 70.6 Å². The zero-order valence-corrected chi connectivity index (χ0v) is 15.8. The van der Waals surface area contributed by atoms with Crippen molar-refractivity contribution in [3.63, 3.8) is 0 Å². The van der Waals surface area contributed by atoms with Gasteiger partial charge in [-0.1, -0.05) is 66.4 Å². The van der Waals surface area contributed by atoms with Crippen molar-refractivity contribution in [2.24, 2.45) is 0 Å². The second kappa shape index (κ2) is 7.85. The Kier molecular flexibility index (Phi) is 5.56. The molecule has 128 valence electrons. The third-order valence-corrected chi connectivity index (χ3v) is 5.10. The van der Waals surface area contributed by atoms with Crippen LogP contribution in [0.2, 0.25) is 0 Å². The number of carbonyl (C=O) groups excluding carboxylic acids is 1. The summed E-state index contributed by atoms with van der Waals surface area (Å²) in [5.74, 6) is 0.783. The van der Waals surface area contributed by atoms with E-state index in [1.54, 1.807) is 4.90 Å². The van der Waals surface area contributed by atoms with Crippen LogP contribution in [0.4, 0.5) is 0 Å². The Hall–Kier alpha value is -2.11. The fourth-order valence-electron chi connectivity index (χ4n) is 2.48. The van der Waals surface area contributed by atoms with Gasteiger partial charge in [-0.05, 0) is 43.2 Å². The van der Waals surface area contributed by atoms with E-state index in [1.165, 1.54) is 11.8 Å². The van der Waals surface area contributed by atoms with Gasteiger partial charge in [-0.15, -0.1) is 0 Å². The lowest BCUT2D eigenvalue weighted by molar-refractivity contribution is -0.123. The second-order valence-corrected chi connectivity index (χ2v) is 7.66. The van der Waals surface area contributed by atoms with Gasteiger partial charge in [0.05, 0.1) is 4.91 Å². The lowest BCUT2D eigenvalue weighted by Gasteiger charge is -2.18. The van der Waals surface area contributed by atoms with Gasteiger partial charge in [-0.3, -0.25) is 9.69 Å².